The van der Waals surface area contributed by atoms with Crippen LogP contribution in [0.5, 0.6) is 0 Å². The smallest absolute Gasteiger partial charge is 0.291 e. The van der Waals surface area contributed by atoms with Gasteiger partial charge in [0, 0.05) is 45.7 Å². The summed E-state index contributed by atoms with van der Waals surface area (Å²) in [6.45, 7) is 7.27. The van der Waals surface area contributed by atoms with Crippen LogP contribution in [0.1, 0.15) is 23.4 Å². The summed E-state index contributed by atoms with van der Waals surface area (Å²) in [5, 5.41) is 11.5. The maximum atomic E-state index is 12.4. The molecule has 1 saturated heterocycles. The number of nitrogens with one attached hydrogen (secondary N) is 2. The Morgan fingerprint density at radius 1 is 1.27 bits per heavy atom. The number of hydrogen-bond donors (Lipinski definition) is 2. The number of hydrogen-bond acceptors (Lipinski definition) is 5. The predicted molar refractivity (Wildman–Crippen MR) is 102 cm³/mol. The van der Waals surface area contributed by atoms with E-state index in [0.29, 0.717) is 34.5 Å². The monoisotopic (exact) mass is 396 g/mol. The lowest BCUT2D eigenvalue weighted by Gasteiger charge is -2.26. The van der Waals surface area contributed by atoms with Gasteiger partial charge in [-0.05, 0) is 12.1 Å². The summed E-state index contributed by atoms with van der Waals surface area (Å²) in [5.41, 5.74) is 0.542. The molecule has 0 aliphatic carbocycles. The van der Waals surface area contributed by atoms with Crippen molar-refractivity contribution in [1.29, 1.82) is 0 Å². The van der Waals surface area contributed by atoms with E-state index in [9.17, 15) is 4.79 Å². The maximum absolute atomic E-state index is 12.4. The molecule has 1 aliphatic rings. The van der Waals surface area contributed by atoms with Crippen LogP contribution in [0.25, 0.3) is 5.69 Å². The number of amides is 1. The standard InChI is InChI=1S/C17H22Cl2N6O/c1-2-14-22-16(17(26)21-8-11-24-9-6-20-7-10-24)23-25(14)15-12(18)4-3-5-13(15)19/h3-5,20H,2,6-11H2,1H3,(H,21,26). The molecule has 2 aromatic rings. The van der Waals surface area contributed by atoms with Gasteiger partial charge in [0.25, 0.3) is 5.91 Å². The number of aromatic nitrogens is 3. The van der Waals surface area contributed by atoms with Crippen LogP contribution in [-0.2, 0) is 6.42 Å². The number of carbonyl (C=O) groups excluding carboxylic acids is 1. The summed E-state index contributed by atoms with van der Waals surface area (Å²) in [5.74, 6) is 0.460. The highest BCUT2D eigenvalue weighted by Crippen LogP contribution is 2.28. The van der Waals surface area contributed by atoms with Gasteiger partial charge in [0.15, 0.2) is 0 Å². The first-order chi connectivity index (χ1) is 12.6. The zero-order valence-electron chi connectivity index (χ0n) is 14.6. The van der Waals surface area contributed by atoms with Crippen molar-refractivity contribution in [2.75, 3.05) is 39.3 Å². The van der Waals surface area contributed by atoms with Gasteiger partial charge in [-0.2, -0.15) is 0 Å². The minimum absolute atomic E-state index is 0.123. The van der Waals surface area contributed by atoms with Gasteiger partial charge < -0.3 is 10.6 Å². The van der Waals surface area contributed by atoms with Crippen molar-refractivity contribution in [1.82, 2.24) is 30.3 Å². The van der Waals surface area contributed by atoms with Gasteiger partial charge in [0.2, 0.25) is 5.82 Å². The van der Waals surface area contributed by atoms with Crippen molar-refractivity contribution in [3.8, 4) is 5.69 Å². The molecule has 9 heteroatoms. The Balaban J connectivity index is 1.70. The normalized spacial score (nSPS) is 15.2. The largest absolute Gasteiger partial charge is 0.348 e. The molecule has 1 amide bonds. The first-order valence-electron chi connectivity index (χ1n) is 8.71. The highest BCUT2D eigenvalue weighted by Gasteiger charge is 2.19. The van der Waals surface area contributed by atoms with Crippen LogP contribution in [0, 0.1) is 0 Å². The van der Waals surface area contributed by atoms with E-state index in [2.05, 4.69) is 25.6 Å². The lowest BCUT2D eigenvalue weighted by atomic mass is 10.3. The number of para-hydroxylation sites is 1. The molecule has 1 aliphatic heterocycles. The SMILES string of the molecule is CCc1nc(C(=O)NCCN2CCNCC2)nn1-c1c(Cl)cccc1Cl. The molecular formula is C17H22Cl2N6O. The van der Waals surface area contributed by atoms with Crippen LogP contribution in [0.3, 0.4) is 0 Å². The van der Waals surface area contributed by atoms with Crippen LogP contribution in [0.4, 0.5) is 0 Å². The zero-order valence-corrected chi connectivity index (χ0v) is 16.1. The van der Waals surface area contributed by atoms with E-state index in [4.69, 9.17) is 23.2 Å². The Labute approximate surface area is 162 Å². The van der Waals surface area contributed by atoms with Gasteiger partial charge >= 0.3 is 0 Å². The van der Waals surface area contributed by atoms with Crippen molar-refractivity contribution < 1.29 is 4.79 Å². The summed E-state index contributed by atoms with van der Waals surface area (Å²) >= 11 is 12.5. The highest BCUT2D eigenvalue weighted by atomic mass is 35.5. The molecule has 2 N–H and O–H groups in total. The summed E-state index contributed by atoms with van der Waals surface area (Å²) in [4.78, 5) is 19.1. The second kappa shape index (κ2) is 8.81. The third-order valence-electron chi connectivity index (χ3n) is 4.27. The van der Waals surface area contributed by atoms with Gasteiger partial charge in [-0.15, -0.1) is 5.10 Å². The maximum Gasteiger partial charge on any atom is 0.291 e. The Morgan fingerprint density at radius 2 is 1.96 bits per heavy atom. The fourth-order valence-corrected chi connectivity index (χ4v) is 3.44. The fourth-order valence-electron chi connectivity index (χ4n) is 2.88. The number of nitrogens with zero attached hydrogens (tertiary/aromatic N) is 4. The molecule has 2 heterocycles. The molecule has 0 saturated carbocycles. The number of halogens is 2. The topological polar surface area (TPSA) is 75.1 Å². The number of rotatable bonds is 6. The number of aryl methyl sites for hydroxylation is 1. The van der Waals surface area contributed by atoms with Crippen LogP contribution in [0.2, 0.25) is 10.0 Å². The number of carbonyl (C=O) groups is 1. The van der Waals surface area contributed by atoms with Crippen LogP contribution in [0.15, 0.2) is 18.2 Å². The van der Waals surface area contributed by atoms with E-state index >= 15 is 0 Å². The Bertz CT molecular complexity index is 752. The Hall–Kier alpha value is -1.67. The average molecular weight is 397 g/mol. The average Bonchev–Trinajstić information content (AvgIpc) is 3.06. The third-order valence-corrected chi connectivity index (χ3v) is 4.88. The van der Waals surface area contributed by atoms with E-state index in [0.717, 1.165) is 32.7 Å². The predicted octanol–water partition coefficient (Wildman–Crippen LogP) is 1.77. The molecule has 1 aromatic carbocycles. The highest BCUT2D eigenvalue weighted by molar-refractivity contribution is 6.37. The molecule has 140 valence electrons. The summed E-state index contributed by atoms with van der Waals surface area (Å²) in [6, 6.07) is 5.23. The molecule has 7 nitrogen and oxygen atoms in total. The van der Waals surface area contributed by atoms with Gasteiger partial charge in [0.05, 0.1) is 10.0 Å². The molecule has 1 fully saturated rings. The quantitative estimate of drug-likeness (QED) is 0.777. The molecule has 0 unspecified atom stereocenters. The van der Waals surface area contributed by atoms with Gasteiger partial charge in [-0.1, -0.05) is 36.2 Å². The van der Waals surface area contributed by atoms with Crippen LogP contribution >= 0.6 is 23.2 Å². The number of piperazine rings is 1. The first-order valence-corrected chi connectivity index (χ1v) is 9.47. The van der Waals surface area contributed by atoms with E-state index in [1.807, 2.05) is 6.92 Å². The fraction of sp³-hybridized carbons (Fsp3) is 0.471. The molecule has 0 atom stereocenters. The van der Waals surface area contributed by atoms with Crippen molar-refractivity contribution in [3.63, 3.8) is 0 Å². The molecule has 1 aromatic heterocycles. The van der Waals surface area contributed by atoms with E-state index in [-0.39, 0.29) is 11.7 Å². The zero-order chi connectivity index (χ0) is 18.5. The lowest BCUT2D eigenvalue weighted by Crippen LogP contribution is -2.46. The molecule has 26 heavy (non-hydrogen) atoms. The lowest BCUT2D eigenvalue weighted by molar-refractivity contribution is 0.0937. The summed E-state index contributed by atoms with van der Waals surface area (Å²) < 4.78 is 1.55. The Kier molecular flexibility index (Phi) is 6.48. The van der Waals surface area contributed by atoms with Gasteiger partial charge in [-0.25, -0.2) is 9.67 Å². The van der Waals surface area contributed by atoms with E-state index < -0.39 is 0 Å². The van der Waals surface area contributed by atoms with Crippen molar-refractivity contribution >= 4 is 29.1 Å². The van der Waals surface area contributed by atoms with Gasteiger partial charge in [-0.3, -0.25) is 9.69 Å². The summed E-state index contributed by atoms with van der Waals surface area (Å²) in [6.07, 6.45) is 0.600. The second-order valence-electron chi connectivity index (χ2n) is 6.03. The molecular weight excluding hydrogens is 375 g/mol. The molecule has 3 rings (SSSR count). The summed E-state index contributed by atoms with van der Waals surface area (Å²) in [7, 11) is 0. The van der Waals surface area contributed by atoms with Crippen molar-refractivity contribution in [3.05, 3.63) is 39.9 Å². The Morgan fingerprint density at radius 3 is 2.62 bits per heavy atom. The molecule has 0 spiro atoms. The minimum atomic E-state index is -0.295. The van der Waals surface area contributed by atoms with Gasteiger partial charge in [0.1, 0.15) is 11.5 Å². The van der Waals surface area contributed by atoms with E-state index in [1.54, 1.807) is 22.9 Å². The van der Waals surface area contributed by atoms with Crippen molar-refractivity contribution in [2.45, 2.75) is 13.3 Å². The van der Waals surface area contributed by atoms with E-state index in [1.165, 1.54) is 0 Å². The minimum Gasteiger partial charge on any atom is -0.348 e. The van der Waals surface area contributed by atoms with Crippen molar-refractivity contribution in [2.24, 2.45) is 0 Å². The number of benzene rings is 1. The van der Waals surface area contributed by atoms with Crippen LogP contribution < -0.4 is 10.6 Å². The second-order valence-corrected chi connectivity index (χ2v) is 6.85. The first kappa shape index (κ1) is 19.1. The molecule has 0 radical (unpaired) electrons. The molecule has 0 bridgehead atoms. The third kappa shape index (κ3) is 4.35. The van der Waals surface area contributed by atoms with Crippen LogP contribution in [-0.4, -0.2) is 64.8 Å².